The molecule has 2 bridgehead atoms. The first-order valence-corrected chi connectivity index (χ1v) is 6.59. The van der Waals surface area contributed by atoms with E-state index in [-0.39, 0.29) is 0 Å². The number of hydrogen-bond acceptors (Lipinski definition) is 6. The van der Waals surface area contributed by atoms with Gasteiger partial charge in [-0.05, 0) is 25.3 Å². The zero-order chi connectivity index (χ0) is 12.4. The molecule has 100 valence electrons. The van der Waals surface area contributed by atoms with Gasteiger partial charge in [0.1, 0.15) is 6.61 Å². The number of aromatic nitrogens is 2. The Labute approximate surface area is 107 Å². The van der Waals surface area contributed by atoms with Crippen LogP contribution in [0, 0.1) is 5.92 Å². The van der Waals surface area contributed by atoms with Gasteiger partial charge < -0.3 is 14.6 Å². The highest BCUT2D eigenvalue weighted by Gasteiger charge is 2.29. The summed E-state index contributed by atoms with van der Waals surface area (Å²) in [5.41, 5.74) is 0. The average Bonchev–Trinajstić information content (AvgIpc) is 2.60. The Morgan fingerprint density at radius 1 is 1.44 bits per heavy atom. The molecule has 0 saturated carbocycles. The molecule has 1 aromatic heterocycles. The Hall–Kier alpha value is -0.980. The number of nitrogens with zero attached hydrogens (tertiary/aromatic N) is 3. The zero-order valence-electron chi connectivity index (χ0n) is 10.8. The van der Waals surface area contributed by atoms with Gasteiger partial charge in [0.15, 0.2) is 5.82 Å². The summed E-state index contributed by atoms with van der Waals surface area (Å²) in [6.07, 6.45) is 2.64. The molecule has 0 unspecified atom stereocenters. The monoisotopic (exact) mass is 252 g/mol. The second-order valence-electron chi connectivity index (χ2n) is 5.28. The molecule has 0 aliphatic carbocycles. The molecule has 3 aliphatic rings. The van der Waals surface area contributed by atoms with Crippen molar-refractivity contribution in [2.24, 2.45) is 5.92 Å². The fourth-order valence-corrected chi connectivity index (χ4v) is 2.90. The van der Waals surface area contributed by atoms with E-state index < -0.39 is 0 Å². The molecule has 3 saturated heterocycles. The van der Waals surface area contributed by atoms with Gasteiger partial charge >= 0.3 is 0 Å². The van der Waals surface area contributed by atoms with Gasteiger partial charge in [-0.2, -0.15) is 4.98 Å². The third-order valence-electron chi connectivity index (χ3n) is 3.76. The van der Waals surface area contributed by atoms with Crippen molar-refractivity contribution in [3.8, 4) is 0 Å². The first-order valence-electron chi connectivity index (χ1n) is 6.59. The van der Waals surface area contributed by atoms with Gasteiger partial charge in [-0.15, -0.1) is 0 Å². The maximum Gasteiger partial charge on any atom is 0.252 e. The minimum atomic E-state index is 0.389. The molecule has 4 rings (SSSR count). The van der Waals surface area contributed by atoms with Crippen LogP contribution in [0.1, 0.15) is 24.6 Å². The molecule has 0 amide bonds. The first-order chi connectivity index (χ1) is 8.83. The topological polar surface area (TPSA) is 63.4 Å². The molecular weight excluding hydrogens is 232 g/mol. The van der Waals surface area contributed by atoms with Crippen molar-refractivity contribution < 1.29 is 9.26 Å². The highest BCUT2D eigenvalue weighted by Crippen LogP contribution is 2.22. The predicted molar refractivity (Wildman–Crippen MR) is 64.8 cm³/mol. The van der Waals surface area contributed by atoms with Crippen molar-refractivity contribution in [3.05, 3.63) is 11.7 Å². The summed E-state index contributed by atoms with van der Waals surface area (Å²) in [7, 11) is 1.63. The molecule has 0 spiro atoms. The van der Waals surface area contributed by atoms with E-state index in [1.165, 1.54) is 12.8 Å². The van der Waals surface area contributed by atoms with Crippen LogP contribution in [0.15, 0.2) is 4.52 Å². The van der Waals surface area contributed by atoms with Crippen molar-refractivity contribution in [3.63, 3.8) is 0 Å². The standard InChI is InChI=1S/C12H20N4O2/c1-17-8-12-14-11(15-18-12)7-16-5-9-2-3-10(6-16)13-4-9/h9-10,13H,2-8H2,1H3/t9-,10-/m0/s1. The molecule has 6 heteroatoms. The van der Waals surface area contributed by atoms with E-state index in [9.17, 15) is 0 Å². The summed E-state index contributed by atoms with van der Waals surface area (Å²) in [5, 5.41) is 7.60. The summed E-state index contributed by atoms with van der Waals surface area (Å²) in [4.78, 5) is 6.76. The average molecular weight is 252 g/mol. The summed E-state index contributed by atoms with van der Waals surface area (Å²) in [5.74, 6) is 2.10. The first kappa shape index (κ1) is 12.1. The summed E-state index contributed by atoms with van der Waals surface area (Å²) >= 11 is 0. The number of rotatable bonds is 4. The van der Waals surface area contributed by atoms with Crippen molar-refractivity contribution in [2.45, 2.75) is 32.0 Å². The van der Waals surface area contributed by atoms with Gasteiger partial charge in [-0.25, -0.2) is 0 Å². The Balaban J connectivity index is 1.61. The second-order valence-corrected chi connectivity index (χ2v) is 5.28. The minimum absolute atomic E-state index is 0.389. The van der Waals surface area contributed by atoms with E-state index in [0.717, 1.165) is 37.9 Å². The number of piperidine rings is 1. The van der Waals surface area contributed by atoms with Crippen LogP contribution in [0.5, 0.6) is 0 Å². The molecule has 1 aromatic rings. The fourth-order valence-electron chi connectivity index (χ4n) is 2.90. The third-order valence-corrected chi connectivity index (χ3v) is 3.76. The van der Waals surface area contributed by atoms with E-state index in [1.807, 2.05) is 0 Å². The molecule has 18 heavy (non-hydrogen) atoms. The van der Waals surface area contributed by atoms with Gasteiger partial charge in [0, 0.05) is 26.2 Å². The third kappa shape index (κ3) is 2.71. The zero-order valence-corrected chi connectivity index (χ0v) is 10.8. The lowest BCUT2D eigenvalue weighted by molar-refractivity contribution is 0.151. The smallest absolute Gasteiger partial charge is 0.252 e. The molecule has 3 fully saturated rings. The molecule has 0 radical (unpaired) electrons. The highest BCUT2D eigenvalue weighted by molar-refractivity contribution is 4.91. The van der Waals surface area contributed by atoms with Gasteiger partial charge in [0.25, 0.3) is 5.89 Å². The van der Waals surface area contributed by atoms with Crippen LogP contribution in [0.25, 0.3) is 0 Å². The molecule has 3 aliphatic heterocycles. The molecule has 4 heterocycles. The maximum atomic E-state index is 5.12. The van der Waals surface area contributed by atoms with Gasteiger partial charge in [-0.1, -0.05) is 5.16 Å². The SMILES string of the molecule is COCc1nc(CN2C[C@H]3CC[C@@H](C2)NC3)no1. The van der Waals surface area contributed by atoms with E-state index in [1.54, 1.807) is 7.11 Å². The largest absolute Gasteiger partial charge is 0.375 e. The molecule has 0 aromatic carbocycles. The fraction of sp³-hybridized carbons (Fsp3) is 0.833. The molecule has 1 N–H and O–H groups in total. The van der Waals surface area contributed by atoms with Crippen molar-refractivity contribution in [1.82, 2.24) is 20.4 Å². The summed E-state index contributed by atoms with van der Waals surface area (Å²) in [6.45, 7) is 4.55. The van der Waals surface area contributed by atoms with E-state index >= 15 is 0 Å². The van der Waals surface area contributed by atoms with Crippen molar-refractivity contribution >= 4 is 0 Å². The number of methoxy groups -OCH3 is 1. The Kier molecular flexibility index (Phi) is 3.58. The quantitative estimate of drug-likeness (QED) is 0.837. The summed E-state index contributed by atoms with van der Waals surface area (Å²) < 4.78 is 10.1. The Morgan fingerprint density at radius 2 is 2.39 bits per heavy atom. The second kappa shape index (κ2) is 5.34. The van der Waals surface area contributed by atoms with Crippen LogP contribution in [-0.2, 0) is 17.9 Å². The van der Waals surface area contributed by atoms with Crippen molar-refractivity contribution in [1.29, 1.82) is 0 Å². The lowest BCUT2D eigenvalue weighted by Crippen LogP contribution is -2.39. The van der Waals surface area contributed by atoms with Crippen molar-refractivity contribution in [2.75, 3.05) is 26.7 Å². The number of ether oxygens (including phenoxy) is 1. The van der Waals surface area contributed by atoms with Crippen LogP contribution < -0.4 is 5.32 Å². The van der Waals surface area contributed by atoms with Crippen LogP contribution in [0.4, 0.5) is 0 Å². The number of fused-ring (bicyclic) bond motifs is 4. The summed E-state index contributed by atoms with van der Waals surface area (Å²) in [6, 6.07) is 0.633. The normalized spacial score (nSPS) is 28.5. The predicted octanol–water partition coefficient (Wildman–Crippen LogP) is 0.400. The lowest BCUT2D eigenvalue weighted by atomic mass is 9.97. The lowest BCUT2D eigenvalue weighted by Gasteiger charge is -2.23. The Bertz CT molecular complexity index is 373. The van der Waals surface area contributed by atoms with Gasteiger partial charge in [-0.3, -0.25) is 4.90 Å². The minimum Gasteiger partial charge on any atom is -0.375 e. The van der Waals surface area contributed by atoms with Crippen LogP contribution >= 0.6 is 0 Å². The molecular formula is C12H20N4O2. The van der Waals surface area contributed by atoms with Crippen LogP contribution in [0.2, 0.25) is 0 Å². The van der Waals surface area contributed by atoms with E-state index in [0.29, 0.717) is 18.5 Å². The van der Waals surface area contributed by atoms with E-state index in [4.69, 9.17) is 9.26 Å². The Morgan fingerprint density at radius 3 is 3.17 bits per heavy atom. The van der Waals surface area contributed by atoms with Crippen LogP contribution in [0.3, 0.4) is 0 Å². The van der Waals surface area contributed by atoms with Crippen LogP contribution in [-0.4, -0.2) is 47.8 Å². The molecule has 6 nitrogen and oxygen atoms in total. The van der Waals surface area contributed by atoms with E-state index in [2.05, 4.69) is 20.4 Å². The van der Waals surface area contributed by atoms with Gasteiger partial charge in [0.2, 0.25) is 0 Å². The maximum absolute atomic E-state index is 5.12. The number of hydrogen-bond donors (Lipinski definition) is 1. The molecule has 2 atom stereocenters. The highest BCUT2D eigenvalue weighted by atomic mass is 16.5. The van der Waals surface area contributed by atoms with Gasteiger partial charge in [0.05, 0.1) is 6.54 Å². The number of nitrogens with one attached hydrogen (secondary N) is 1.